The number of hydrogen-bond acceptors (Lipinski definition) is 4. The van der Waals surface area contributed by atoms with E-state index in [0.717, 1.165) is 22.9 Å². The maximum Gasteiger partial charge on any atom is 0.190 e. The van der Waals surface area contributed by atoms with E-state index >= 15 is 0 Å². The van der Waals surface area contributed by atoms with Gasteiger partial charge in [0.2, 0.25) is 0 Å². The van der Waals surface area contributed by atoms with Crippen LogP contribution in [0.5, 0.6) is 0 Å². The van der Waals surface area contributed by atoms with E-state index in [0.29, 0.717) is 12.5 Å². The highest BCUT2D eigenvalue weighted by molar-refractivity contribution is 7.15. The van der Waals surface area contributed by atoms with Gasteiger partial charge in [0.25, 0.3) is 0 Å². The second-order valence-corrected chi connectivity index (χ2v) is 6.30. The van der Waals surface area contributed by atoms with Crippen LogP contribution in [0, 0.1) is 0 Å². The molecule has 0 amide bonds. The number of nitrogens with zero attached hydrogens (tertiary/aromatic N) is 2. The summed E-state index contributed by atoms with van der Waals surface area (Å²) in [6, 6.07) is 8.65. The minimum atomic E-state index is 0.411. The highest BCUT2D eigenvalue weighted by Gasteiger charge is 2.16. The molecule has 0 fully saturated rings. The van der Waals surface area contributed by atoms with E-state index in [9.17, 15) is 0 Å². The van der Waals surface area contributed by atoms with E-state index in [1.54, 1.807) is 11.3 Å². The van der Waals surface area contributed by atoms with Crippen molar-refractivity contribution in [1.82, 2.24) is 4.98 Å². The van der Waals surface area contributed by atoms with Gasteiger partial charge >= 0.3 is 0 Å². The van der Waals surface area contributed by atoms with Gasteiger partial charge in [0.05, 0.1) is 5.69 Å². The van der Waals surface area contributed by atoms with Crippen LogP contribution in [0.2, 0.25) is 0 Å². The second-order valence-electron chi connectivity index (χ2n) is 5.24. The maximum atomic E-state index is 5.83. The largest absolute Gasteiger partial charge is 0.326 e. The number of benzene rings is 1. The van der Waals surface area contributed by atoms with Crippen molar-refractivity contribution in [1.29, 1.82) is 0 Å². The van der Waals surface area contributed by atoms with Gasteiger partial charge in [-0.1, -0.05) is 44.2 Å². The monoisotopic (exact) mass is 289 g/mol. The molecule has 1 aromatic carbocycles. The average molecular weight is 289 g/mol. The highest BCUT2D eigenvalue weighted by Crippen LogP contribution is 2.33. The second kappa shape index (κ2) is 6.37. The van der Waals surface area contributed by atoms with Crippen molar-refractivity contribution in [2.75, 3.05) is 11.9 Å². The number of rotatable bonds is 5. The summed E-state index contributed by atoms with van der Waals surface area (Å²) in [6.07, 6.45) is 1.07. The molecule has 3 nitrogen and oxygen atoms in total. The van der Waals surface area contributed by atoms with E-state index in [4.69, 9.17) is 10.7 Å². The Hall–Kier alpha value is -1.39. The lowest BCUT2D eigenvalue weighted by Gasteiger charge is -2.16. The quantitative estimate of drug-likeness (QED) is 0.902. The van der Waals surface area contributed by atoms with E-state index in [1.165, 1.54) is 10.4 Å². The molecule has 0 atom stereocenters. The molecule has 2 rings (SSSR count). The molecule has 0 aliphatic rings. The van der Waals surface area contributed by atoms with Crippen molar-refractivity contribution in [2.45, 2.75) is 39.7 Å². The molecule has 2 N–H and O–H groups in total. The summed E-state index contributed by atoms with van der Waals surface area (Å²) in [6.45, 7) is 7.05. The van der Waals surface area contributed by atoms with Crippen LogP contribution in [-0.2, 0) is 13.0 Å². The third kappa shape index (κ3) is 3.02. The van der Waals surface area contributed by atoms with Gasteiger partial charge in [-0.25, -0.2) is 4.98 Å². The Kier molecular flexibility index (Phi) is 4.78. The molecule has 0 saturated heterocycles. The van der Waals surface area contributed by atoms with Gasteiger partial charge in [0.15, 0.2) is 5.13 Å². The number of hydrogen-bond donors (Lipinski definition) is 1. The molecule has 20 heavy (non-hydrogen) atoms. The van der Waals surface area contributed by atoms with Crippen LogP contribution >= 0.6 is 11.3 Å². The lowest BCUT2D eigenvalue weighted by atomic mass is 10.1. The molecule has 0 saturated carbocycles. The Balaban J connectivity index is 2.29. The van der Waals surface area contributed by atoms with Crippen LogP contribution in [0.4, 0.5) is 10.8 Å². The topological polar surface area (TPSA) is 42.2 Å². The predicted octanol–water partition coefficient (Wildman–Crippen LogP) is 4.06. The van der Waals surface area contributed by atoms with Gasteiger partial charge in [-0.2, -0.15) is 0 Å². The summed E-state index contributed by atoms with van der Waals surface area (Å²) < 4.78 is 0. The summed E-state index contributed by atoms with van der Waals surface area (Å²) in [4.78, 5) is 8.09. The number of aromatic nitrogens is 1. The van der Waals surface area contributed by atoms with Gasteiger partial charge in [-0.05, 0) is 30.0 Å². The summed E-state index contributed by atoms with van der Waals surface area (Å²) in [5.41, 5.74) is 9.47. The molecule has 0 aliphatic heterocycles. The van der Waals surface area contributed by atoms with E-state index in [-0.39, 0.29) is 0 Å². The zero-order valence-corrected chi connectivity index (χ0v) is 13.5. The Morgan fingerprint density at radius 1 is 1.25 bits per heavy atom. The Morgan fingerprint density at radius 3 is 2.35 bits per heavy atom. The first kappa shape index (κ1) is 15.0. The van der Waals surface area contributed by atoms with E-state index in [1.807, 2.05) is 0 Å². The molecule has 108 valence electrons. The van der Waals surface area contributed by atoms with Crippen molar-refractivity contribution >= 4 is 22.2 Å². The first-order valence-corrected chi connectivity index (χ1v) is 7.90. The third-order valence-electron chi connectivity index (χ3n) is 3.47. The van der Waals surface area contributed by atoms with E-state index < -0.39 is 0 Å². The van der Waals surface area contributed by atoms with Gasteiger partial charge in [-0.15, -0.1) is 0 Å². The first-order chi connectivity index (χ1) is 9.56. The van der Waals surface area contributed by atoms with Gasteiger partial charge < -0.3 is 10.6 Å². The van der Waals surface area contributed by atoms with Crippen molar-refractivity contribution in [3.05, 3.63) is 40.4 Å². The Labute approximate surface area is 125 Å². The molecular weight excluding hydrogens is 266 g/mol. The standard InChI is InChI=1S/C16H23N3S/c1-5-12-6-8-13(9-7-12)19(4)16-18-15(11(2)3)14(10-17)20-16/h6-9,11H,5,10,17H2,1-4H3. The van der Waals surface area contributed by atoms with Crippen LogP contribution in [0.15, 0.2) is 24.3 Å². The maximum absolute atomic E-state index is 5.83. The lowest BCUT2D eigenvalue weighted by Crippen LogP contribution is -2.09. The van der Waals surface area contributed by atoms with Gasteiger partial charge in [-0.3, -0.25) is 0 Å². The van der Waals surface area contributed by atoms with Crippen LogP contribution in [0.3, 0.4) is 0 Å². The smallest absolute Gasteiger partial charge is 0.190 e. The van der Waals surface area contributed by atoms with Crippen LogP contribution in [-0.4, -0.2) is 12.0 Å². The summed E-state index contributed by atoms with van der Waals surface area (Å²) in [5.74, 6) is 0.411. The van der Waals surface area contributed by atoms with E-state index in [2.05, 4.69) is 57.0 Å². The molecule has 1 heterocycles. The highest BCUT2D eigenvalue weighted by atomic mass is 32.1. The molecule has 0 unspecified atom stereocenters. The van der Waals surface area contributed by atoms with Gasteiger partial charge in [0, 0.05) is 24.2 Å². The van der Waals surface area contributed by atoms with Gasteiger partial charge in [0.1, 0.15) is 0 Å². The summed E-state index contributed by atoms with van der Waals surface area (Å²) in [7, 11) is 2.06. The summed E-state index contributed by atoms with van der Waals surface area (Å²) in [5, 5.41) is 1.01. The normalized spacial score (nSPS) is 11.1. The molecule has 0 aliphatic carbocycles. The predicted molar refractivity (Wildman–Crippen MR) is 88.0 cm³/mol. The SMILES string of the molecule is CCc1ccc(N(C)c2nc(C(C)C)c(CN)s2)cc1. The minimum absolute atomic E-state index is 0.411. The number of aryl methyl sites for hydroxylation is 1. The Morgan fingerprint density at radius 2 is 1.90 bits per heavy atom. The number of thiazole rings is 1. The zero-order chi connectivity index (χ0) is 14.7. The minimum Gasteiger partial charge on any atom is -0.326 e. The molecule has 0 bridgehead atoms. The third-order valence-corrected chi connectivity index (χ3v) is 4.64. The zero-order valence-electron chi connectivity index (χ0n) is 12.7. The Bertz CT molecular complexity index is 558. The number of anilines is 2. The molecule has 1 aromatic heterocycles. The number of nitrogens with two attached hydrogens (primary N) is 1. The van der Waals surface area contributed by atoms with Crippen LogP contribution in [0.1, 0.15) is 42.8 Å². The fourth-order valence-electron chi connectivity index (χ4n) is 2.16. The summed E-state index contributed by atoms with van der Waals surface area (Å²) >= 11 is 1.69. The average Bonchev–Trinajstić information content (AvgIpc) is 2.91. The van der Waals surface area contributed by atoms with Crippen molar-refractivity contribution in [2.24, 2.45) is 5.73 Å². The van der Waals surface area contributed by atoms with Crippen molar-refractivity contribution < 1.29 is 0 Å². The fourth-order valence-corrected chi connectivity index (χ4v) is 3.23. The van der Waals surface area contributed by atoms with Crippen LogP contribution in [0.25, 0.3) is 0 Å². The molecular formula is C16H23N3S. The first-order valence-electron chi connectivity index (χ1n) is 7.09. The molecule has 2 aromatic rings. The lowest BCUT2D eigenvalue weighted by molar-refractivity contribution is 0.811. The fraction of sp³-hybridized carbons (Fsp3) is 0.438. The van der Waals surface area contributed by atoms with Crippen molar-refractivity contribution in [3.63, 3.8) is 0 Å². The van der Waals surface area contributed by atoms with Crippen molar-refractivity contribution in [3.8, 4) is 0 Å². The van der Waals surface area contributed by atoms with Crippen LogP contribution < -0.4 is 10.6 Å². The molecule has 4 heteroatoms. The molecule has 0 spiro atoms. The molecule has 0 radical (unpaired) electrons.